The van der Waals surface area contributed by atoms with Crippen molar-refractivity contribution in [3.05, 3.63) is 79.7 Å². The van der Waals surface area contributed by atoms with Crippen molar-refractivity contribution in [2.75, 3.05) is 12.0 Å². The third-order valence-corrected chi connectivity index (χ3v) is 7.05. The van der Waals surface area contributed by atoms with Crippen molar-refractivity contribution in [3.8, 4) is 11.5 Å². The highest BCUT2D eigenvalue weighted by Gasteiger charge is 2.14. The molecule has 0 atom stereocenters. The fourth-order valence-electron chi connectivity index (χ4n) is 3.87. The van der Waals surface area contributed by atoms with Gasteiger partial charge in [0.1, 0.15) is 12.1 Å². The standard InChI is InChI=1S/C26H21Br2ClN6O2/c1-3-36-22-11-15(10-19(28)24(22)37-14-16-6-4-5-7-20(16)29)13-30-33-26-31-25-23(32-34-26)18-12-17(27)8-9-21(18)35(25)2/h4-13H,3,14H2,1-2H3,(H,31,33,34)/b30-13+. The molecule has 3 aromatic carbocycles. The predicted octanol–water partition coefficient (Wildman–Crippen LogP) is 7.12. The van der Waals surface area contributed by atoms with Crippen molar-refractivity contribution < 1.29 is 9.47 Å². The number of nitrogens with one attached hydrogen (secondary N) is 1. The number of hydrogen-bond donors (Lipinski definition) is 1. The molecule has 0 unspecified atom stereocenters. The van der Waals surface area contributed by atoms with E-state index in [1.807, 2.05) is 73.1 Å². The Balaban J connectivity index is 1.35. The number of benzene rings is 3. The van der Waals surface area contributed by atoms with E-state index < -0.39 is 0 Å². The van der Waals surface area contributed by atoms with Crippen LogP contribution in [0, 0.1) is 0 Å². The minimum absolute atomic E-state index is 0.289. The summed E-state index contributed by atoms with van der Waals surface area (Å²) in [6.07, 6.45) is 1.65. The van der Waals surface area contributed by atoms with E-state index >= 15 is 0 Å². The van der Waals surface area contributed by atoms with Crippen LogP contribution in [0.15, 0.2) is 68.6 Å². The number of aryl methyl sites for hydroxylation is 1. The molecule has 0 bridgehead atoms. The molecule has 2 heterocycles. The molecule has 11 heteroatoms. The van der Waals surface area contributed by atoms with Crippen LogP contribution >= 0.6 is 43.5 Å². The first kappa shape index (κ1) is 25.4. The Bertz CT molecular complexity index is 1640. The van der Waals surface area contributed by atoms with Crippen molar-refractivity contribution in [3.63, 3.8) is 0 Å². The Morgan fingerprint density at radius 3 is 2.73 bits per heavy atom. The molecular weight excluding hydrogens is 624 g/mol. The second-order valence-electron chi connectivity index (χ2n) is 8.04. The minimum Gasteiger partial charge on any atom is -0.490 e. The summed E-state index contributed by atoms with van der Waals surface area (Å²) < 4.78 is 15.6. The normalized spacial score (nSPS) is 11.5. The van der Waals surface area contributed by atoms with Gasteiger partial charge in [0.05, 0.1) is 22.8 Å². The van der Waals surface area contributed by atoms with Gasteiger partial charge in [-0.25, -0.2) is 5.43 Å². The van der Waals surface area contributed by atoms with E-state index in [4.69, 9.17) is 21.1 Å². The molecule has 0 aliphatic carbocycles. The van der Waals surface area contributed by atoms with Crippen LogP contribution in [0.5, 0.6) is 11.5 Å². The third-order valence-electron chi connectivity index (χ3n) is 5.60. The lowest BCUT2D eigenvalue weighted by Gasteiger charge is -2.15. The topological polar surface area (TPSA) is 86.5 Å². The second kappa shape index (κ2) is 11.0. The summed E-state index contributed by atoms with van der Waals surface area (Å²) in [4.78, 5) is 4.60. The van der Waals surface area contributed by atoms with Gasteiger partial charge in [-0.1, -0.05) is 45.7 Å². The molecule has 0 spiro atoms. The van der Waals surface area contributed by atoms with Gasteiger partial charge < -0.3 is 14.0 Å². The monoisotopic (exact) mass is 642 g/mol. The number of hydrogen-bond acceptors (Lipinski definition) is 7. The number of aromatic nitrogens is 4. The zero-order chi connectivity index (χ0) is 25.9. The Labute approximate surface area is 234 Å². The van der Waals surface area contributed by atoms with E-state index in [-0.39, 0.29) is 5.95 Å². The average molecular weight is 645 g/mol. The number of rotatable bonds is 8. The fraction of sp³-hybridized carbons (Fsp3) is 0.154. The molecule has 0 aliphatic heterocycles. The predicted molar refractivity (Wildman–Crippen MR) is 154 cm³/mol. The van der Waals surface area contributed by atoms with E-state index in [1.165, 1.54) is 0 Å². The van der Waals surface area contributed by atoms with Crippen molar-refractivity contribution in [2.24, 2.45) is 12.1 Å². The molecule has 0 amide bonds. The van der Waals surface area contributed by atoms with E-state index in [0.29, 0.717) is 35.4 Å². The van der Waals surface area contributed by atoms with Gasteiger partial charge in [0.15, 0.2) is 17.1 Å². The highest BCUT2D eigenvalue weighted by Crippen LogP contribution is 2.37. The first-order valence-electron chi connectivity index (χ1n) is 11.3. The first-order chi connectivity index (χ1) is 17.9. The van der Waals surface area contributed by atoms with E-state index in [0.717, 1.165) is 36.5 Å². The third kappa shape index (κ3) is 5.41. The number of anilines is 1. The van der Waals surface area contributed by atoms with Crippen LogP contribution in [0.4, 0.5) is 5.95 Å². The highest BCUT2D eigenvalue weighted by atomic mass is 79.9. The molecule has 2 aromatic heterocycles. The highest BCUT2D eigenvalue weighted by molar-refractivity contribution is 9.10. The van der Waals surface area contributed by atoms with Crippen LogP contribution < -0.4 is 14.9 Å². The molecule has 5 aromatic rings. The molecule has 8 nitrogen and oxygen atoms in total. The van der Waals surface area contributed by atoms with Crippen molar-refractivity contribution >= 4 is 77.7 Å². The quantitative estimate of drug-likeness (QED) is 0.143. The summed E-state index contributed by atoms with van der Waals surface area (Å²) in [5, 5.41) is 14.5. The van der Waals surface area contributed by atoms with Crippen molar-refractivity contribution in [1.29, 1.82) is 0 Å². The zero-order valence-corrected chi connectivity index (χ0v) is 23.8. The Kier molecular flexibility index (Phi) is 7.59. The maximum absolute atomic E-state index is 6.27. The van der Waals surface area contributed by atoms with E-state index in [9.17, 15) is 0 Å². The number of hydrazone groups is 1. The van der Waals surface area contributed by atoms with Gasteiger partial charge in [-0.2, -0.15) is 10.1 Å². The van der Waals surface area contributed by atoms with Crippen LogP contribution in [0.1, 0.15) is 18.1 Å². The van der Waals surface area contributed by atoms with Crippen molar-refractivity contribution in [2.45, 2.75) is 13.5 Å². The van der Waals surface area contributed by atoms with Crippen LogP contribution in [0.2, 0.25) is 5.02 Å². The molecule has 0 saturated carbocycles. The summed E-state index contributed by atoms with van der Waals surface area (Å²) in [5.41, 5.74) is 7.00. The van der Waals surface area contributed by atoms with E-state index in [2.05, 4.69) is 57.6 Å². The summed E-state index contributed by atoms with van der Waals surface area (Å²) >= 11 is 13.4. The number of fused-ring (bicyclic) bond motifs is 3. The first-order valence-corrected chi connectivity index (χ1v) is 13.3. The van der Waals surface area contributed by atoms with Gasteiger partial charge in [0.25, 0.3) is 5.95 Å². The van der Waals surface area contributed by atoms with Crippen molar-refractivity contribution in [1.82, 2.24) is 19.7 Å². The Hall–Kier alpha value is -3.21. The van der Waals surface area contributed by atoms with Gasteiger partial charge in [-0.05, 0) is 64.8 Å². The number of halogens is 3. The average Bonchev–Trinajstić information content (AvgIpc) is 3.15. The molecule has 0 fully saturated rings. The molecular formula is C26H21Br2ClN6O2. The molecule has 0 saturated heterocycles. The lowest BCUT2D eigenvalue weighted by atomic mass is 10.2. The van der Waals surface area contributed by atoms with Gasteiger partial charge in [-0.3, -0.25) is 0 Å². The fourth-order valence-corrected chi connectivity index (χ4v) is 5.00. The summed E-state index contributed by atoms with van der Waals surface area (Å²) in [6, 6.07) is 17.3. The zero-order valence-electron chi connectivity index (χ0n) is 19.9. The summed E-state index contributed by atoms with van der Waals surface area (Å²) in [7, 11) is 1.95. The van der Waals surface area contributed by atoms with Gasteiger partial charge in [0.2, 0.25) is 0 Å². The largest absolute Gasteiger partial charge is 0.490 e. The maximum atomic E-state index is 6.27. The van der Waals surface area contributed by atoms with Crippen LogP contribution in [0.25, 0.3) is 22.1 Å². The Morgan fingerprint density at radius 2 is 1.92 bits per heavy atom. The smallest absolute Gasteiger partial charge is 0.265 e. The minimum atomic E-state index is 0.289. The van der Waals surface area contributed by atoms with Crippen LogP contribution in [0.3, 0.4) is 0 Å². The molecule has 1 N–H and O–H groups in total. The molecule has 5 rings (SSSR count). The number of ether oxygens (including phenoxy) is 2. The second-order valence-corrected chi connectivity index (χ2v) is 10.2. The SMILES string of the molecule is CCOc1cc(/C=N/Nc2nnc3c4cc(Br)ccc4n(C)c3n2)cc(Br)c1OCc1ccccc1Cl. The maximum Gasteiger partial charge on any atom is 0.265 e. The number of nitrogens with zero attached hydrogens (tertiary/aromatic N) is 5. The summed E-state index contributed by atoms with van der Waals surface area (Å²) in [5.74, 6) is 1.47. The molecule has 0 aliphatic rings. The molecule has 37 heavy (non-hydrogen) atoms. The van der Waals surface area contributed by atoms with Gasteiger partial charge in [0, 0.05) is 27.5 Å². The Morgan fingerprint density at radius 1 is 1.08 bits per heavy atom. The van der Waals surface area contributed by atoms with E-state index in [1.54, 1.807) is 6.21 Å². The van der Waals surface area contributed by atoms with Crippen LogP contribution in [-0.4, -0.2) is 32.6 Å². The summed E-state index contributed by atoms with van der Waals surface area (Å²) in [6.45, 7) is 2.71. The van der Waals surface area contributed by atoms with Crippen LogP contribution in [-0.2, 0) is 13.7 Å². The van der Waals surface area contributed by atoms with Gasteiger partial charge >= 0.3 is 0 Å². The lowest BCUT2D eigenvalue weighted by molar-refractivity contribution is 0.267. The molecule has 188 valence electrons. The molecule has 0 radical (unpaired) electrons. The van der Waals surface area contributed by atoms with Gasteiger partial charge in [-0.15, -0.1) is 10.2 Å². The lowest BCUT2D eigenvalue weighted by Crippen LogP contribution is -2.03.